The molecule has 1 aromatic heterocycles. The maximum Gasteiger partial charge on any atom is 0.373 e. The highest BCUT2D eigenvalue weighted by molar-refractivity contribution is 5.86. The molecule has 0 radical (unpaired) electrons. The molecule has 2 heterocycles. The number of aliphatic hydroxyl groups is 1. The summed E-state index contributed by atoms with van der Waals surface area (Å²) in [6.07, 6.45) is 0.536. The average molecular weight is 389 g/mol. The van der Waals surface area contributed by atoms with Crippen LogP contribution in [-0.2, 0) is 17.9 Å². The second kappa shape index (κ2) is 9.12. The highest BCUT2D eigenvalue weighted by atomic mass is 16.5. The Labute approximate surface area is 164 Å². The van der Waals surface area contributed by atoms with Gasteiger partial charge in [0.05, 0.1) is 19.8 Å². The molecule has 1 aliphatic rings. The average Bonchev–Trinajstić information content (AvgIpc) is 3.29. The summed E-state index contributed by atoms with van der Waals surface area (Å²) in [5, 5.41) is 9.93. The van der Waals surface area contributed by atoms with Crippen molar-refractivity contribution in [2.45, 2.75) is 45.6 Å². The summed E-state index contributed by atoms with van der Waals surface area (Å²) in [6.45, 7) is 6.29. The number of nitrogens with zero attached hydrogens (tertiary/aromatic N) is 1. The zero-order valence-corrected chi connectivity index (χ0v) is 16.5. The minimum atomic E-state index is -0.521. The zero-order chi connectivity index (χ0) is 20.1. The molecule has 2 atom stereocenters. The Kier molecular flexibility index (Phi) is 6.59. The monoisotopic (exact) mass is 389 g/mol. The van der Waals surface area contributed by atoms with E-state index >= 15 is 0 Å². The van der Waals surface area contributed by atoms with Gasteiger partial charge in [0.2, 0.25) is 5.76 Å². The van der Waals surface area contributed by atoms with Crippen molar-refractivity contribution in [3.05, 3.63) is 47.4 Å². The third-order valence-corrected chi connectivity index (χ3v) is 4.96. The van der Waals surface area contributed by atoms with Crippen LogP contribution in [0.2, 0.25) is 0 Å². The minimum absolute atomic E-state index is 0.142. The van der Waals surface area contributed by atoms with Crippen molar-refractivity contribution in [3.63, 3.8) is 0 Å². The summed E-state index contributed by atoms with van der Waals surface area (Å²) in [4.78, 5) is 13.7. The van der Waals surface area contributed by atoms with Gasteiger partial charge >= 0.3 is 5.97 Å². The summed E-state index contributed by atoms with van der Waals surface area (Å²) in [6, 6.07) is 9.23. The van der Waals surface area contributed by atoms with Crippen molar-refractivity contribution in [2.24, 2.45) is 0 Å². The molecule has 1 fully saturated rings. The Morgan fingerprint density at radius 3 is 2.75 bits per heavy atom. The first kappa shape index (κ1) is 20.2. The lowest BCUT2D eigenvalue weighted by atomic mass is 10.1. The molecule has 3 rings (SSSR count). The van der Waals surface area contributed by atoms with Gasteiger partial charge < -0.3 is 23.7 Å². The van der Waals surface area contributed by atoms with E-state index in [1.54, 1.807) is 12.1 Å². The normalized spacial score (nSPS) is 19.6. The molecule has 0 spiro atoms. The summed E-state index contributed by atoms with van der Waals surface area (Å²) in [7, 11) is 1.31. The molecule has 1 saturated heterocycles. The molecule has 0 unspecified atom stereocenters. The van der Waals surface area contributed by atoms with E-state index in [2.05, 4.69) is 9.64 Å². The van der Waals surface area contributed by atoms with E-state index in [-0.39, 0.29) is 24.5 Å². The Balaban J connectivity index is 1.67. The molecule has 0 aliphatic carbocycles. The minimum Gasteiger partial charge on any atom is -0.490 e. The Morgan fingerprint density at radius 1 is 1.25 bits per heavy atom. The molecule has 7 heteroatoms. The quantitative estimate of drug-likeness (QED) is 0.695. The van der Waals surface area contributed by atoms with Gasteiger partial charge in [0, 0.05) is 19.1 Å². The third-order valence-electron chi connectivity index (χ3n) is 4.96. The number of carbonyl (C=O) groups excluding carboxylic acids is 1. The van der Waals surface area contributed by atoms with Gasteiger partial charge in [-0.2, -0.15) is 0 Å². The van der Waals surface area contributed by atoms with Crippen LogP contribution in [-0.4, -0.2) is 48.4 Å². The number of esters is 1. The highest BCUT2D eigenvalue weighted by Crippen LogP contribution is 2.31. The maximum atomic E-state index is 11.5. The molecular weight excluding hydrogens is 362 g/mol. The second-order valence-corrected chi connectivity index (χ2v) is 6.83. The van der Waals surface area contributed by atoms with Crippen LogP contribution in [0.15, 0.2) is 34.7 Å². The number of aliphatic hydroxyl groups excluding tert-OH is 1. The molecule has 1 N–H and O–H groups in total. The van der Waals surface area contributed by atoms with Crippen LogP contribution in [0.1, 0.15) is 42.1 Å². The molecule has 0 amide bonds. The number of carbonyl (C=O) groups is 1. The number of hydrogen-bond donors (Lipinski definition) is 1. The fraction of sp³-hybridized carbons (Fsp3) is 0.476. The number of rotatable bonds is 8. The lowest BCUT2D eigenvalue weighted by Crippen LogP contribution is -2.31. The first-order chi connectivity index (χ1) is 13.5. The van der Waals surface area contributed by atoms with Gasteiger partial charge in [-0.1, -0.05) is 6.07 Å². The van der Waals surface area contributed by atoms with E-state index in [0.29, 0.717) is 23.9 Å². The predicted molar refractivity (Wildman–Crippen MR) is 102 cm³/mol. The fourth-order valence-corrected chi connectivity index (χ4v) is 3.30. The van der Waals surface area contributed by atoms with Gasteiger partial charge in [-0.05, 0) is 50.1 Å². The van der Waals surface area contributed by atoms with Gasteiger partial charge in [-0.3, -0.25) is 4.90 Å². The Hall–Kier alpha value is -2.51. The summed E-state index contributed by atoms with van der Waals surface area (Å²) >= 11 is 0. The Morgan fingerprint density at radius 2 is 2.07 bits per heavy atom. The molecule has 0 saturated carbocycles. The van der Waals surface area contributed by atoms with E-state index < -0.39 is 5.97 Å². The van der Waals surface area contributed by atoms with E-state index in [1.165, 1.54) is 7.11 Å². The van der Waals surface area contributed by atoms with E-state index in [4.69, 9.17) is 13.9 Å². The SMILES string of the molecule is CCOc1cc(CN2CC[C@@H](O)[C@H]2C)ccc1OCc1ccc(C(=O)OC)o1. The summed E-state index contributed by atoms with van der Waals surface area (Å²) < 4.78 is 21.6. The number of benzene rings is 1. The molecule has 1 aromatic carbocycles. The van der Waals surface area contributed by atoms with Gasteiger partial charge in [-0.15, -0.1) is 0 Å². The molecule has 0 bridgehead atoms. The smallest absolute Gasteiger partial charge is 0.373 e. The standard InChI is InChI=1S/C21H27NO6/c1-4-26-20-11-15(12-22-10-9-17(23)14(22)2)5-7-18(20)27-13-16-6-8-19(28-16)21(24)25-3/h5-8,11,14,17,23H,4,9-10,12-13H2,1-3H3/t14-,17-/m1/s1. The second-order valence-electron chi connectivity index (χ2n) is 6.83. The van der Waals surface area contributed by atoms with Crippen molar-refractivity contribution in [2.75, 3.05) is 20.3 Å². The van der Waals surface area contributed by atoms with Crippen LogP contribution in [0.3, 0.4) is 0 Å². The van der Waals surface area contributed by atoms with Crippen molar-refractivity contribution < 1.29 is 28.5 Å². The Bertz CT molecular complexity index is 802. The van der Waals surface area contributed by atoms with Crippen LogP contribution in [0.25, 0.3) is 0 Å². The first-order valence-electron chi connectivity index (χ1n) is 9.49. The highest BCUT2D eigenvalue weighted by Gasteiger charge is 2.28. The number of ether oxygens (including phenoxy) is 3. The summed E-state index contributed by atoms with van der Waals surface area (Å²) in [5.41, 5.74) is 1.10. The van der Waals surface area contributed by atoms with E-state index in [9.17, 15) is 9.90 Å². The van der Waals surface area contributed by atoms with Crippen LogP contribution in [0.5, 0.6) is 11.5 Å². The molecular formula is C21H27NO6. The predicted octanol–water partition coefficient (Wildman–Crippen LogP) is 3.00. The van der Waals surface area contributed by atoms with Crippen LogP contribution >= 0.6 is 0 Å². The van der Waals surface area contributed by atoms with Gasteiger partial charge in [0.15, 0.2) is 11.5 Å². The lowest BCUT2D eigenvalue weighted by molar-refractivity contribution is 0.0560. The third kappa shape index (κ3) is 4.66. The topological polar surface area (TPSA) is 81.4 Å². The van der Waals surface area contributed by atoms with Gasteiger partial charge in [0.25, 0.3) is 0 Å². The maximum absolute atomic E-state index is 11.5. The van der Waals surface area contributed by atoms with Crippen molar-refractivity contribution in [1.29, 1.82) is 0 Å². The molecule has 7 nitrogen and oxygen atoms in total. The molecule has 28 heavy (non-hydrogen) atoms. The van der Waals surface area contributed by atoms with Gasteiger partial charge in [0.1, 0.15) is 12.4 Å². The molecule has 2 aromatic rings. The fourth-order valence-electron chi connectivity index (χ4n) is 3.30. The first-order valence-corrected chi connectivity index (χ1v) is 9.49. The molecule has 152 valence electrons. The zero-order valence-electron chi connectivity index (χ0n) is 16.5. The molecule has 1 aliphatic heterocycles. The number of likely N-dealkylation sites (tertiary alicyclic amines) is 1. The summed E-state index contributed by atoms with van der Waals surface area (Å²) in [5.74, 6) is 1.41. The number of hydrogen-bond acceptors (Lipinski definition) is 7. The van der Waals surface area contributed by atoms with E-state index in [1.807, 2.05) is 32.0 Å². The van der Waals surface area contributed by atoms with Crippen LogP contribution in [0.4, 0.5) is 0 Å². The van der Waals surface area contributed by atoms with Crippen molar-refractivity contribution in [3.8, 4) is 11.5 Å². The lowest BCUT2D eigenvalue weighted by Gasteiger charge is -2.23. The largest absolute Gasteiger partial charge is 0.490 e. The van der Waals surface area contributed by atoms with Crippen LogP contribution < -0.4 is 9.47 Å². The number of furan rings is 1. The van der Waals surface area contributed by atoms with Crippen molar-refractivity contribution >= 4 is 5.97 Å². The van der Waals surface area contributed by atoms with E-state index in [0.717, 1.165) is 25.1 Å². The number of methoxy groups -OCH3 is 1. The van der Waals surface area contributed by atoms with Crippen LogP contribution in [0, 0.1) is 0 Å². The van der Waals surface area contributed by atoms with Crippen molar-refractivity contribution in [1.82, 2.24) is 4.90 Å². The van der Waals surface area contributed by atoms with Gasteiger partial charge in [-0.25, -0.2) is 4.79 Å².